The highest BCUT2D eigenvalue weighted by molar-refractivity contribution is 9.10. The lowest BCUT2D eigenvalue weighted by Crippen LogP contribution is -2.46. The van der Waals surface area contributed by atoms with Crippen LogP contribution in [0.3, 0.4) is 0 Å². The Labute approximate surface area is 414 Å². The van der Waals surface area contributed by atoms with Gasteiger partial charge in [0.15, 0.2) is 6.23 Å². The van der Waals surface area contributed by atoms with Gasteiger partial charge in [-0.25, -0.2) is 18.1 Å². The van der Waals surface area contributed by atoms with E-state index in [9.17, 15) is 0 Å². The molecule has 68 heavy (non-hydrogen) atoms. The summed E-state index contributed by atoms with van der Waals surface area (Å²) < 4.78 is 59.9. The minimum Gasteiger partial charge on any atom is -0.496 e. The SMILES string of the molecule is COc1cc(Br)ccc1[C@@H]1c2ccc3c(cnn3C3CCCCO3)c2C[C@@H](C)N1CC1(F)CC1.COc1cc(Br)ccc1[C@@H]1c2ccc3nn(C4CCCCO4)cc3c2C[C@@H](C)N1CC1(F)CC1. The van der Waals surface area contributed by atoms with E-state index in [2.05, 4.69) is 103 Å². The molecule has 2 aromatic heterocycles. The Bertz CT molecular complexity index is 2710. The van der Waals surface area contributed by atoms with Crippen LogP contribution in [0.25, 0.3) is 21.8 Å². The highest BCUT2D eigenvalue weighted by Crippen LogP contribution is 2.51. The Morgan fingerprint density at radius 3 is 1.69 bits per heavy atom. The summed E-state index contributed by atoms with van der Waals surface area (Å²) in [6.07, 6.45) is 15.1. The molecule has 14 heteroatoms. The molecule has 12 rings (SSSR count). The zero-order valence-electron chi connectivity index (χ0n) is 39.5. The van der Waals surface area contributed by atoms with Crippen molar-refractivity contribution in [3.05, 3.63) is 115 Å². The summed E-state index contributed by atoms with van der Waals surface area (Å²) in [6.45, 7) is 6.93. The predicted molar refractivity (Wildman–Crippen MR) is 268 cm³/mol. The maximum absolute atomic E-state index is 15.1. The predicted octanol–water partition coefficient (Wildman–Crippen LogP) is 12.7. The molecule has 6 atom stereocenters. The highest BCUT2D eigenvalue weighted by Gasteiger charge is 2.50. The molecule has 4 aliphatic heterocycles. The van der Waals surface area contributed by atoms with E-state index in [4.69, 9.17) is 29.1 Å². The number of alkyl halides is 2. The molecule has 0 amide bonds. The van der Waals surface area contributed by atoms with Gasteiger partial charge in [-0.05, 0) is 150 Å². The van der Waals surface area contributed by atoms with E-state index in [1.54, 1.807) is 14.2 Å². The number of aromatic nitrogens is 4. The number of halogens is 4. The Kier molecular flexibility index (Phi) is 12.8. The third-order valence-corrected chi connectivity index (χ3v) is 16.5. The molecule has 6 aromatic rings. The fourth-order valence-electron chi connectivity index (χ4n) is 11.5. The van der Waals surface area contributed by atoms with Gasteiger partial charge in [0.25, 0.3) is 0 Å². The topological polar surface area (TPSA) is 79.0 Å². The van der Waals surface area contributed by atoms with E-state index >= 15 is 8.78 Å². The van der Waals surface area contributed by atoms with Crippen molar-refractivity contribution in [3.8, 4) is 11.5 Å². The fraction of sp³-hybridized carbons (Fsp3) is 0.519. The molecular weight excluding hydrogens is 994 g/mol. The first kappa shape index (κ1) is 46.5. The van der Waals surface area contributed by atoms with E-state index in [1.807, 2.05) is 35.1 Å². The average Bonchev–Trinajstić information content (AvgIpc) is 4.14. The minimum absolute atomic E-state index is 0.00504. The summed E-state index contributed by atoms with van der Waals surface area (Å²) >= 11 is 7.15. The number of nitrogens with zero attached hydrogens (tertiary/aromatic N) is 6. The van der Waals surface area contributed by atoms with E-state index in [1.165, 1.54) is 45.9 Å². The van der Waals surface area contributed by atoms with Gasteiger partial charge >= 0.3 is 0 Å². The lowest BCUT2D eigenvalue weighted by molar-refractivity contribution is -0.0390. The van der Waals surface area contributed by atoms with Gasteiger partial charge in [0.05, 0.1) is 43.5 Å². The molecule has 0 radical (unpaired) electrons. The van der Waals surface area contributed by atoms with Crippen LogP contribution < -0.4 is 9.47 Å². The van der Waals surface area contributed by atoms with Crippen LogP contribution in [0.4, 0.5) is 8.78 Å². The largest absolute Gasteiger partial charge is 0.496 e. The van der Waals surface area contributed by atoms with Crippen molar-refractivity contribution in [1.82, 2.24) is 29.4 Å². The number of methoxy groups -OCH3 is 2. The van der Waals surface area contributed by atoms with Crippen molar-refractivity contribution in [1.29, 1.82) is 0 Å². The number of rotatable bonds is 10. The van der Waals surface area contributed by atoms with Crippen LogP contribution in [0.2, 0.25) is 0 Å². The van der Waals surface area contributed by atoms with E-state index in [-0.39, 0.29) is 36.6 Å². The maximum Gasteiger partial charge on any atom is 0.150 e. The molecule has 6 aliphatic rings. The molecule has 360 valence electrons. The Morgan fingerprint density at radius 2 is 1.18 bits per heavy atom. The highest BCUT2D eigenvalue weighted by atomic mass is 79.9. The first-order valence-electron chi connectivity index (χ1n) is 24.7. The van der Waals surface area contributed by atoms with Crippen molar-refractivity contribution < 1.29 is 27.7 Å². The van der Waals surface area contributed by atoms with Crippen LogP contribution in [0.15, 0.2) is 82.0 Å². The van der Waals surface area contributed by atoms with Crippen LogP contribution in [-0.4, -0.2) is 93.3 Å². The molecule has 2 unspecified atom stereocenters. The summed E-state index contributed by atoms with van der Waals surface area (Å²) in [5.74, 6) is 1.64. The van der Waals surface area contributed by atoms with Gasteiger partial charge in [0.1, 0.15) is 29.1 Å². The third-order valence-electron chi connectivity index (χ3n) is 15.5. The zero-order chi connectivity index (χ0) is 46.9. The van der Waals surface area contributed by atoms with Crippen molar-refractivity contribution in [2.24, 2.45) is 0 Å². The quantitative estimate of drug-likeness (QED) is 0.134. The van der Waals surface area contributed by atoms with Crippen LogP contribution in [0, 0.1) is 0 Å². The molecule has 2 saturated heterocycles. The standard InChI is InChI=1S/2C27H31BrFN3O2/c1-17-13-21-19(8-9-23-22(21)15-32(30-23)25-5-3-4-12-34-25)26(31(17)16-27(29)10-11-27)20-7-6-18(28)14-24(20)33-2;1-17-13-21-19(8-9-23-22(21)15-30-32(23)25-5-3-4-12-34-25)26(31(17)16-27(29)10-11-27)20-7-6-18(28)14-24(20)33-2/h2*6-9,14-15,17,25-26H,3-5,10-13,16H2,1-2H3/t2*17-,25?,26+/m11/s1. The minimum atomic E-state index is -1.07. The second-order valence-corrected chi connectivity index (χ2v) is 22.1. The number of hydrogen-bond acceptors (Lipinski definition) is 8. The molecule has 0 spiro atoms. The first-order valence-corrected chi connectivity index (χ1v) is 26.3. The van der Waals surface area contributed by atoms with E-state index in [0.717, 1.165) is 94.3 Å². The monoisotopic (exact) mass is 1050 g/mol. The molecule has 2 aliphatic carbocycles. The second kappa shape index (κ2) is 18.7. The molecule has 0 N–H and O–H groups in total. The lowest BCUT2D eigenvalue weighted by atomic mass is 9.83. The summed E-state index contributed by atoms with van der Waals surface area (Å²) in [5, 5.41) is 12.0. The molecule has 4 aromatic carbocycles. The molecule has 0 bridgehead atoms. The number of ether oxygens (including phenoxy) is 4. The zero-order valence-corrected chi connectivity index (χ0v) is 42.7. The Morgan fingerprint density at radius 1 is 0.662 bits per heavy atom. The van der Waals surface area contributed by atoms with E-state index in [0.29, 0.717) is 38.8 Å². The molecule has 2 saturated carbocycles. The lowest BCUT2D eigenvalue weighted by Gasteiger charge is -2.43. The van der Waals surface area contributed by atoms with Gasteiger partial charge in [-0.15, -0.1) is 0 Å². The van der Waals surface area contributed by atoms with Crippen molar-refractivity contribution in [3.63, 3.8) is 0 Å². The summed E-state index contributed by atoms with van der Waals surface area (Å²) in [6, 6.07) is 21.3. The summed E-state index contributed by atoms with van der Waals surface area (Å²) in [7, 11) is 3.41. The summed E-state index contributed by atoms with van der Waals surface area (Å²) in [4.78, 5) is 4.70. The second-order valence-electron chi connectivity index (χ2n) is 20.3. The number of fused-ring (bicyclic) bond motifs is 6. The van der Waals surface area contributed by atoms with Gasteiger partial charge in [0.2, 0.25) is 0 Å². The smallest absolute Gasteiger partial charge is 0.150 e. The number of hydrogen-bond donors (Lipinski definition) is 0. The number of benzene rings is 4. The van der Waals surface area contributed by atoms with Gasteiger partial charge in [-0.1, -0.05) is 56.1 Å². The maximum atomic E-state index is 15.1. The van der Waals surface area contributed by atoms with Crippen LogP contribution >= 0.6 is 31.9 Å². The third kappa shape index (κ3) is 8.93. The van der Waals surface area contributed by atoms with E-state index < -0.39 is 11.3 Å². The first-order chi connectivity index (χ1) is 32.9. The van der Waals surface area contributed by atoms with Crippen LogP contribution in [-0.2, 0) is 22.3 Å². The molecular formula is C54H62Br2F2N6O4. The van der Waals surface area contributed by atoms with Gasteiger partial charge < -0.3 is 18.9 Å². The van der Waals surface area contributed by atoms with Crippen molar-refractivity contribution >= 4 is 53.7 Å². The van der Waals surface area contributed by atoms with Crippen LogP contribution in [0.5, 0.6) is 11.5 Å². The Balaban J connectivity index is 0.000000149. The fourth-order valence-corrected chi connectivity index (χ4v) is 12.2. The van der Waals surface area contributed by atoms with Crippen molar-refractivity contribution in [2.75, 3.05) is 40.5 Å². The van der Waals surface area contributed by atoms with Gasteiger partial charge in [-0.3, -0.25) is 9.80 Å². The molecule has 4 fully saturated rings. The summed E-state index contributed by atoms with van der Waals surface area (Å²) in [5.41, 5.74) is 7.19. The average molecular weight is 1060 g/mol. The van der Waals surface area contributed by atoms with Gasteiger partial charge in [-0.2, -0.15) is 10.2 Å². The molecule has 10 nitrogen and oxygen atoms in total. The van der Waals surface area contributed by atoms with Crippen LogP contribution in [0.1, 0.15) is 136 Å². The Hall–Kier alpha value is -3.92. The van der Waals surface area contributed by atoms with Crippen molar-refractivity contribution in [2.45, 2.75) is 139 Å². The normalized spacial score (nSPS) is 26.4. The molecule has 6 heterocycles. The van der Waals surface area contributed by atoms with Gasteiger partial charge in [0, 0.05) is 75.4 Å².